The lowest BCUT2D eigenvalue weighted by Gasteiger charge is -2.19. The zero-order valence-electron chi connectivity index (χ0n) is 12.2. The number of hydrogen-bond donors (Lipinski definition) is 4. The summed E-state index contributed by atoms with van der Waals surface area (Å²) >= 11 is 4.94. The van der Waals surface area contributed by atoms with Gasteiger partial charge < -0.3 is 15.0 Å². The van der Waals surface area contributed by atoms with Crippen molar-refractivity contribution in [2.24, 2.45) is 0 Å². The van der Waals surface area contributed by atoms with Gasteiger partial charge in [0.1, 0.15) is 11.6 Å². The molecule has 4 N–H and O–H groups in total. The molecule has 0 bridgehead atoms. The number of aromatic nitrogens is 4. The summed E-state index contributed by atoms with van der Waals surface area (Å²) in [6.45, 7) is 0. The Labute approximate surface area is 139 Å². The summed E-state index contributed by atoms with van der Waals surface area (Å²) in [6.07, 6.45) is 1.89. The SMILES string of the molecule is O=C(Nc1ccn[nH]1)c1ccc2c(c1)Cc1c([nH]c(=S)[nH]c1=O)O2. The first-order valence-electron chi connectivity index (χ1n) is 7.07. The predicted octanol–water partition coefficient (Wildman–Crippen LogP) is 2.10. The zero-order chi connectivity index (χ0) is 16.7. The topological polar surface area (TPSA) is 116 Å². The van der Waals surface area contributed by atoms with Crippen molar-refractivity contribution in [1.82, 2.24) is 20.2 Å². The predicted molar refractivity (Wildman–Crippen MR) is 88.1 cm³/mol. The monoisotopic (exact) mass is 341 g/mol. The van der Waals surface area contributed by atoms with Crippen LogP contribution in [-0.4, -0.2) is 26.1 Å². The van der Waals surface area contributed by atoms with Crippen molar-refractivity contribution < 1.29 is 9.53 Å². The van der Waals surface area contributed by atoms with Crippen LogP contribution in [0, 0.1) is 4.77 Å². The Morgan fingerprint density at radius 1 is 1.29 bits per heavy atom. The highest BCUT2D eigenvalue weighted by atomic mass is 32.1. The molecule has 0 unspecified atom stereocenters. The quantitative estimate of drug-likeness (QED) is 0.417. The van der Waals surface area contributed by atoms with Crippen LogP contribution in [-0.2, 0) is 6.42 Å². The van der Waals surface area contributed by atoms with E-state index in [1.54, 1.807) is 30.5 Å². The fraction of sp³-hybridized carbons (Fsp3) is 0.0667. The highest BCUT2D eigenvalue weighted by molar-refractivity contribution is 7.71. The average molecular weight is 341 g/mol. The Hall–Kier alpha value is -3.20. The molecule has 3 aromatic rings. The molecule has 4 rings (SSSR count). The van der Waals surface area contributed by atoms with Crippen molar-refractivity contribution in [2.45, 2.75) is 6.42 Å². The third-order valence-electron chi connectivity index (χ3n) is 3.65. The van der Waals surface area contributed by atoms with Gasteiger partial charge in [-0.15, -0.1) is 0 Å². The van der Waals surface area contributed by atoms with E-state index in [4.69, 9.17) is 17.0 Å². The molecule has 1 amide bonds. The summed E-state index contributed by atoms with van der Waals surface area (Å²) in [5, 5.41) is 9.13. The van der Waals surface area contributed by atoms with Gasteiger partial charge in [0.25, 0.3) is 11.5 Å². The number of nitrogens with zero attached hydrogens (tertiary/aromatic N) is 1. The molecule has 1 aromatic carbocycles. The number of amides is 1. The summed E-state index contributed by atoms with van der Waals surface area (Å²) in [5.41, 5.74) is 1.35. The van der Waals surface area contributed by atoms with E-state index in [0.29, 0.717) is 35.0 Å². The molecule has 3 heterocycles. The Morgan fingerprint density at radius 2 is 2.17 bits per heavy atom. The third-order valence-corrected chi connectivity index (χ3v) is 3.86. The maximum Gasteiger partial charge on any atom is 0.259 e. The van der Waals surface area contributed by atoms with Gasteiger partial charge in [-0.3, -0.25) is 19.7 Å². The van der Waals surface area contributed by atoms with Gasteiger partial charge >= 0.3 is 0 Å². The van der Waals surface area contributed by atoms with Gasteiger partial charge in [-0.2, -0.15) is 5.10 Å². The number of ether oxygens (including phenoxy) is 1. The molecule has 1 aliphatic rings. The number of benzene rings is 1. The molecule has 0 radical (unpaired) electrons. The van der Waals surface area contributed by atoms with E-state index in [1.165, 1.54) is 0 Å². The second-order valence-corrected chi connectivity index (χ2v) is 5.65. The largest absolute Gasteiger partial charge is 0.440 e. The van der Waals surface area contributed by atoms with E-state index in [2.05, 4.69) is 25.5 Å². The summed E-state index contributed by atoms with van der Waals surface area (Å²) in [5.74, 6) is 1.14. The minimum absolute atomic E-state index is 0.206. The van der Waals surface area contributed by atoms with E-state index < -0.39 is 0 Å². The van der Waals surface area contributed by atoms with Gasteiger partial charge in [0.2, 0.25) is 5.88 Å². The number of hydrogen-bond acceptors (Lipinski definition) is 5. The van der Waals surface area contributed by atoms with Crippen LogP contribution in [0.1, 0.15) is 21.5 Å². The van der Waals surface area contributed by atoms with Crippen molar-refractivity contribution in [3.8, 4) is 11.6 Å². The summed E-state index contributed by atoms with van der Waals surface area (Å²) < 4.78 is 5.90. The number of H-pyrrole nitrogens is 3. The molecular weight excluding hydrogens is 330 g/mol. The van der Waals surface area contributed by atoms with Gasteiger partial charge in [-0.05, 0) is 30.4 Å². The normalized spacial score (nSPS) is 12.0. The molecule has 1 aliphatic heterocycles. The van der Waals surface area contributed by atoms with Crippen LogP contribution in [0.5, 0.6) is 11.6 Å². The number of nitrogens with one attached hydrogen (secondary N) is 4. The molecule has 24 heavy (non-hydrogen) atoms. The van der Waals surface area contributed by atoms with E-state index in [-0.39, 0.29) is 16.2 Å². The second kappa shape index (κ2) is 5.46. The van der Waals surface area contributed by atoms with Crippen LogP contribution in [0.25, 0.3) is 0 Å². The Kier molecular flexibility index (Phi) is 3.28. The highest BCUT2D eigenvalue weighted by Gasteiger charge is 2.22. The van der Waals surface area contributed by atoms with Gasteiger partial charge in [0.15, 0.2) is 4.77 Å². The molecule has 120 valence electrons. The first kappa shape index (κ1) is 14.4. The summed E-state index contributed by atoms with van der Waals surface area (Å²) in [4.78, 5) is 29.6. The van der Waals surface area contributed by atoms with Crippen LogP contribution in [0.15, 0.2) is 35.3 Å². The number of carbonyl (C=O) groups is 1. The van der Waals surface area contributed by atoms with Crippen molar-refractivity contribution in [2.75, 3.05) is 5.32 Å². The minimum atomic E-state index is -0.299. The van der Waals surface area contributed by atoms with Crippen molar-refractivity contribution in [3.05, 3.63) is 62.3 Å². The highest BCUT2D eigenvalue weighted by Crippen LogP contribution is 2.33. The first-order valence-corrected chi connectivity index (χ1v) is 7.48. The molecular formula is C15H11N5O3S. The van der Waals surface area contributed by atoms with Gasteiger partial charge in [-0.1, -0.05) is 0 Å². The Bertz CT molecular complexity index is 1050. The molecule has 0 saturated carbocycles. The number of aromatic amines is 3. The smallest absolute Gasteiger partial charge is 0.259 e. The van der Waals surface area contributed by atoms with Crippen LogP contribution in [0.3, 0.4) is 0 Å². The fourth-order valence-corrected chi connectivity index (χ4v) is 2.70. The maximum absolute atomic E-state index is 12.3. The summed E-state index contributed by atoms with van der Waals surface area (Å²) in [6, 6.07) is 6.69. The maximum atomic E-state index is 12.3. The average Bonchev–Trinajstić information content (AvgIpc) is 3.05. The molecule has 0 aliphatic carbocycles. The fourth-order valence-electron chi connectivity index (χ4n) is 2.52. The van der Waals surface area contributed by atoms with Crippen LogP contribution in [0.4, 0.5) is 5.82 Å². The van der Waals surface area contributed by atoms with Crippen LogP contribution < -0.4 is 15.6 Å². The van der Waals surface area contributed by atoms with E-state index in [0.717, 1.165) is 5.56 Å². The molecule has 0 fully saturated rings. The van der Waals surface area contributed by atoms with Gasteiger partial charge in [0, 0.05) is 23.6 Å². The first-order chi connectivity index (χ1) is 11.6. The number of fused-ring (bicyclic) bond motifs is 2. The van der Waals surface area contributed by atoms with Crippen LogP contribution in [0.2, 0.25) is 0 Å². The Balaban J connectivity index is 1.66. The van der Waals surface area contributed by atoms with Crippen molar-refractivity contribution in [1.29, 1.82) is 0 Å². The van der Waals surface area contributed by atoms with E-state index in [9.17, 15) is 9.59 Å². The number of rotatable bonds is 2. The molecule has 2 aromatic heterocycles. The lowest BCUT2D eigenvalue weighted by atomic mass is 10.0. The molecule has 8 nitrogen and oxygen atoms in total. The van der Waals surface area contributed by atoms with Gasteiger partial charge in [-0.25, -0.2) is 0 Å². The third kappa shape index (κ3) is 2.50. The van der Waals surface area contributed by atoms with E-state index in [1.807, 2.05) is 0 Å². The van der Waals surface area contributed by atoms with Crippen molar-refractivity contribution in [3.63, 3.8) is 0 Å². The summed E-state index contributed by atoms with van der Waals surface area (Å²) in [7, 11) is 0. The number of anilines is 1. The second-order valence-electron chi connectivity index (χ2n) is 5.24. The molecule has 0 spiro atoms. The molecule has 9 heteroatoms. The van der Waals surface area contributed by atoms with E-state index >= 15 is 0 Å². The minimum Gasteiger partial charge on any atom is -0.440 e. The standard InChI is InChI=1S/C15H11N5O3S/c21-12(17-11-3-4-16-20-11)7-1-2-10-8(5-7)6-9-13(22)18-15(24)19-14(9)23-10/h1-5H,6H2,(H2,16,17,20,21)(H2,18,19,22,24). The lowest BCUT2D eigenvalue weighted by Crippen LogP contribution is -2.20. The Morgan fingerprint density at radius 3 is 2.96 bits per heavy atom. The van der Waals surface area contributed by atoms with Gasteiger partial charge in [0.05, 0.1) is 11.8 Å². The lowest BCUT2D eigenvalue weighted by molar-refractivity contribution is 0.102. The molecule has 0 saturated heterocycles. The number of carbonyl (C=O) groups excluding carboxylic acids is 1. The zero-order valence-corrected chi connectivity index (χ0v) is 13.0. The van der Waals surface area contributed by atoms with Crippen LogP contribution >= 0.6 is 12.2 Å². The van der Waals surface area contributed by atoms with Crippen molar-refractivity contribution >= 4 is 23.9 Å². The molecule has 0 atom stereocenters.